The number of carboxylic acid groups (broad SMARTS) is 1. The molecule has 1 aliphatic carbocycles. The Hall–Kier alpha value is -4.04. The summed E-state index contributed by atoms with van der Waals surface area (Å²) in [6.45, 7) is 7.31. The number of hydrogen-bond acceptors (Lipinski definition) is 5. The van der Waals surface area contributed by atoms with Crippen molar-refractivity contribution in [2.45, 2.75) is 32.1 Å². The zero-order valence-electron chi connectivity index (χ0n) is 20.6. The van der Waals surface area contributed by atoms with Crippen LogP contribution in [0.2, 0.25) is 0 Å². The van der Waals surface area contributed by atoms with E-state index in [4.69, 9.17) is 4.74 Å². The van der Waals surface area contributed by atoms with E-state index in [9.17, 15) is 14.7 Å². The first-order valence-electron chi connectivity index (χ1n) is 11.8. The van der Waals surface area contributed by atoms with E-state index in [0.29, 0.717) is 40.2 Å². The summed E-state index contributed by atoms with van der Waals surface area (Å²) in [5, 5.41) is 12.2. The van der Waals surface area contributed by atoms with Crippen molar-refractivity contribution in [2.75, 3.05) is 11.9 Å². The Morgan fingerprint density at radius 3 is 2.51 bits per heavy atom. The highest BCUT2D eigenvalue weighted by Crippen LogP contribution is 2.48. The van der Waals surface area contributed by atoms with Crippen LogP contribution in [0.25, 0.3) is 21.6 Å². The molecule has 2 aromatic carbocycles. The summed E-state index contributed by atoms with van der Waals surface area (Å²) in [5.74, 6) is -1.27. The van der Waals surface area contributed by atoms with Gasteiger partial charge in [-0.3, -0.25) is 10.1 Å². The first-order chi connectivity index (χ1) is 17.8. The average molecular weight is 519 g/mol. The fourth-order valence-electron chi connectivity index (χ4n) is 4.12. The third-order valence-electron chi connectivity index (χ3n) is 6.32. The van der Waals surface area contributed by atoms with Gasteiger partial charge in [0.2, 0.25) is 0 Å². The molecule has 0 atom stereocenters. The van der Waals surface area contributed by atoms with Gasteiger partial charge < -0.3 is 9.84 Å². The lowest BCUT2D eigenvalue weighted by Crippen LogP contribution is -2.19. The molecule has 0 saturated heterocycles. The summed E-state index contributed by atoms with van der Waals surface area (Å²) in [6.07, 6.45) is 7.60. The minimum absolute atomic E-state index is 0.0591. The Balaban J connectivity index is 1.52. The first kappa shape index (κ1) is 26.0. The van der Waals surface area contributed by atoms with E-state index < -0.39 is 23.3 Å². The van der Waals surface area contributed by atoms with Crippen molar-refractivity contribution in [3.05, 3.63) is 96.0 Å². The summed E-state index contributed by atoms with van der Waals surface area (Å²) < 4.78 is 24.9. The number of carbonyl (C=O) groups excluding carboxylic acids is 1. The third-order valence-corrected chi connectivity index (χ3v) is 7.29. The lowest BCUT2D eigenvalue weighted by molar-refractivity contribution is -0.140. The van der Waals surface area contributed by atoms with Gasteiger partial charge in [0.1, 0.15) is 12.4 Å². The van der Waals surface area contributed by atoms with E-state index in [1.54, 1.807) is 43.3 Å². The van der Waals surface area contributed by atoms with Crippen LogP contribution in [0.1, 0.15) is 31.0 Å². The highest BCUT2D eigenvalue weighted by Gasteiger charge is 2.51. The van der Waals surface area contributed by atoms with Gasteiger partial charge in [0.15, 0.2) is 0 Å². The summed E-state index contributed by atoms with van der Waals surface area (Å²) >= 11 is 1.09. The fourth-order valence-corrected chi connectivity index (χ4v) is 4.99. The largest absolute Gasteiger partial charge is 0.481 e. The second-order valence-electron chi connectivity index (χ2n) is 8.81. The van der Waals surface area contributed by atoms with Crippen molar-refractivity contribution in [1.82, 2.24) is 4.37 Å². The summed E-state index contributed by atoms with van der Waals surface area (Å²) in [6, 6.07) is 12.1. The van der Waals surface area contributed by atoms with Crippen LogP contribution in [0.4, 0.5) is 14.9 Å². The second kappa shape index (κ2) is 10.9. The van der Waals surface area contributed by atoms with Crippen molar-refractivity contribution < 1.29 is 23.8 Å². The fraction of sp³-hybridized carbons (Fsp3) is 0.207. The maximum Gasteiger partial charge on any atom is 0.412 e. The number of allylic oxidation sites excluding steroid dienone is 3. The second-order valence-corrected chi connectivity index (χ2v) is 9.58. The average Bonchev–Trinajstić information content (AvgIpc) is 3.63. The zero-order valence-corrected chi connectivity index (χ0v) is 21.4. The Morgan fingerprint density at radius 2 is 1.92 bits per heavy atom. The smallest absolute Gasteiger partial charge is 0.412 e. The van der Waals surface area contributed by atoms with Gasteiger partial charge in [-0.25, -0.2) is 9.18 Å². The number of aromatic nitrogens is 1. The molecule has 0 bridgehead atoms. The molecule has 3 aromatic rings. The number of hydrogen-bond donors (Lipinski definition) is 2. The first-order valence-corrected chi connectivity index (χ1v) is 12.5. The van der Waals surface area contributed by atoms with Crippen LogP contribution in [-0.4, -0.2) is 28.1 Å². The molecule has 1 amide bonds. The van der Waals surface area contributed by atoms with Gasteiger partial charge in [-0.1, -0.05) is 61.2 Å². The number of rotatable bonds is 9. The molecule has 0 spiro atoms. The van der Waals surface area contributed by atoms with Gasteiger partial charge in [-0.05, 0) is 72.6 Å². The number of carboxylic acids is 1. The van der Waals surface area contributed by atoms with Crippen LogP contribution in [-0.2, 0) is 14.9 Å². The van der Waals surface area contributed by atoms with Crippen LogP contribution in [0.15, 0.2) is 78.9 Å². The lowest BCUT2D eigenvalue weighted by Gasteiger charge is -2.12. The molecule has 1 fully saturated rings. The van der Waals surface area contributed by atoms with Gasteiger partial charge in [0.25, 0.3) is 0 Å². The monoisotopic (exact) mass is 518 g/mol. The molecule has 1 heterocycles. The summed E-state index contributed by atoms with van der Waals surface area (Å²) in [4.78, 5) is 24.5. The predicted molar refractivity (Wildman–Crippen MR) is 144 cm³/mol. The molecule has 8 heteroatoms. The molecular weight excluding hydrogens is 491 g/mol. The van der Waals surface area contributed by atoms with Gasteiger partial charge in [-0.2, -0.15) is 4.37 Å². The van der Waals surface area contributed by atoms with E-state index in [0.717, 1.165) is 28.2 Å². The maximum absolute atomic E-state index is 15.3. The van der Waals surface area contributed by atoms with E-state index in [1.807, 2.05) is 31.2 Å². The number of aryl methyl sites for hydroxylation is 1. The molecule has 37 heavy (non-hydrogen) atoms. The van der Waals surface area contributed by atoms with Crippen molar-refractivity contribution >= 4 is 29.3 Å². The van der Waals surface area contributed by atoms with Gasteiger partial charge in [-0.15, -0.1) is 0 Å². The molecule has 2 N–H and O–H groups in total. The Labute approximate surface area is 219 Å². The van der Waals surface area contributed by atoms with E-state index >= 15 is 4.39 Å². The van der Waals surface area contributed by atoms with Crippen molar-refractivity contribution in [3.63, 3.8) is 0 Å². The van der Waals surface area contributed by atoms with E-state index in [-0.39, 0.29) is 6.61 Å². The van der Waals surface area contributed by atoms with Crippen molar-refractivity contribution in [3.8, 4) is 21.6 Å². The number of halogens is 1. The molecule has 1 aromatic heterocycles. The van der Waals surface area contributed by atoms with Gasteiger partial charge in [0.05, 0.1) is 21.7 Å². The molecule has 1 saturated carbocycles. The molecule has 1 aliphatic rings. The van der Waals surface area contributed by atoms with Crippen LogP contribution >= 0.6 is 11.5 Å². The van der Waals surface area contributed by atoms with Crippen molar-refractivity contribution in [2.24, 2.45) is 0 Å². The van der Waals surface area contributed by atoms with E-state index in [2.05, 4.69) is 16.3 Å². The maximum atomic E-state index is 15.3. The number of nitrogens with one attached hydrogen (secondary N) is 1. The SMILES string of the molecule is C=C/C=C(\C=C/C)COC(=O)Nc1c(C)nsc1-c1ccc(-c2ccc(C3(C(=O)O)CC3)cc2)cc1F. The minimum atomic E-state index is -0.810. The number of benzene rings is 2. The summed E-state index contributed by atoms with van der Waals surface area (Å²) in [7, 11) is 0. The zero-order chi connectivity index (χ0) is 26.6. The number of anilines is 1. The van der Waals surface area contributed by atoms with Crippen LogP contribution in [0, 0.1) is 12.7 Å². The molecule has 0 radical (unpaired) electrons. The molecule has 0 aliphatic heterocycles. The molecule has 0 unspecified atom stereocenters. The number of aliphatic carboxylic acids is 1. The van der Waals surface area contributed by atoms with Crippen LogP contribution in [0.5, 0.6) is 0 Å². The highest BCUT2D eigenvalue weighted by molar-refractivity contribution is 7.10. The standard InChI is InChI=1S/C29H27FN2O4S/c1-4-6-19(7-5-2)17-36-28(35)31-25-18(3)32-37-26(25)23-13-10-21(16-24(23)30)20-8-11-22(12-9-20)29(14-15-29)27(33)34/h4-13,16H,1,14-15,17H2,2-3H3,(H,31,35)(H,33,34)/b7-5-,19-6+. The third kappa shape index (κ3) is 5.54. The summed E-state index contributed by atoms with van der Waals surface area (Å²) in [5.41, 5.74) is 3.47. The topological polar surface area (TPSA) is 88.5 Å². The number of carbonyl (C=O) groups is 2. The Bertz CT molecular complexity index is 1400. The van der Waals surface area contributed by atoms with Crippen LogP contribution < -0.4 is 5.32 Å². The predicted octanol–water partition coefficient (Wildman–Crippen LogP) is 7.28. The highest BCUT2D eigenvalue weighted by atomic mass is 32.1. The quantitative estimate of drug-likeness (QED) is 0.291. The minimum Gasteiger partial charge on any atom is -0.481 e. The number of amides is 1. The normalized spacial score (nSPS) is 14.4. The Kier molecular flexibility index (Phi) is 7.69. The van der Waals surface area contributed by atoms with Crippen LogP contribution in [0.3, 0.4) is 0 Å². The Morgan fingerprint density at radius 1 is 1.22 bits per heavy atom. The molecule has 4 rings (SSSR count). The van der Waals surface area contributed by atoms with E-state index in [1.165, 1.54) is 6.07 Å². The van der Waals surface area contributed by atoms with Crippen molar-refractivity contribution in [1.29, 1.82) is 0 Å². The number of nitrogens with zero attached hydrogens (tertiary/aromatic N) is 1. The molecule has 190 valence electrons. The van der Waals surface area contributed by atoms with Gasteiger partial charge >= 0.3 is 12.1 Å². The molecule has 6 nitrogen and oxygen atoms in total. The molecular formula is C29H27FN2O4S. The van der Waals surface area contributed by atoms with Gasteiger partial charge in [0, 0.05) is 5.56 Å². The number of ether oxygens (including phenoxy) is 1. The lowest BCUT2D eigenvalue weighted by atomic mass is 9.93.